The number of nitrogens with one attached hydrogen (secondary N) is 1. The van der Waals surface area contributed by atoms with Gasteiger partial charge in [0.25, 0.3) is 5.91 Å². The van der Waals surface area contributed by atoms with Crippen LogP contribution >= 0.6 is 0 Å². The van der Waals surface area contributed by atoms with Gasteiger partial charge < -0.3 is 4.74 Å². The monoisotopic (exact) mass is 252 g/mol. The summed E-state index contributed by atoms with van der Waals surface area (Å²) < 4.78 is 40.3. The molecule has 0 bridgehead atoms. The number of ether oxygens (including phenoxy) is 1. The van der Waals surface area contributed by atoms with Crippen molar-refractivity contribution in [3.63, 3.8) is 0 Å². The highest BCUT2D eigenvalue weighted by Gasteiger charge is 2.41. The Morgan fingerprint density at radius 2 is 2.06 bits per heavy atom. The van der Waals surface area contributed by atoms with Crippen molar-refractivity contribution in [3.8, 4) is 6.07 Å². The third kappa shape index (κ3) is 3.87. The van der Waals surface area contributed by atoms with Gasteiger partial charge in [0.15, 0.2) is 6.61 Å². The average molecular weight is 252 g/mol. The van der Waals surface area contributed by atoms with Crippen molar-refractivity contribution in [1.82, 2.24) is 5.48 Å². The minimum Gasteiger partial charge on any atom is -0.381 e. The molecule has 0 radical (unpaired) electrons. The fraction of sp³-hybridized carbons (Fsp3) is 0.778. The van der Waals surface area contributed by atoms with E-state index < -0.39 is 24.1 Å². The molecule has 0 atom stereocenters. The van der Waals surface area contributed by atoms with Crippen LogP contribution in [0, 0.1) is 16.7 Å². The van der Waals surface area contributed by atoms with Gasteiger partial charge in [-0.25, -0.2) is 5.48 Å². The zero-order valence-electron chi connectivity index (χ0n) is 8.84. The first kappa shape index (κ1) is 13.7. The molecule has 5 nitrogen and oxygen atoms in total. The van der Waals surface area contributed by atoms with Crippen LogP contribution in [-0.4, -0.2) is 31.9 Å². The van der Waals surface area contributed by atoms with E-state index in [0.717, 1.165) is 0 Å². The van der Waals surface area contributed by atoms with Crippen LogP contribution in [0.15, 0.2) is 0 Å². The third-order valence-electron chi connectivity index (χ3n) is 2.40. The molecule has 8 heteroatoms. The molecule has 1 heterocycles. The summed E-state index contributed by atoms with van der Waals surface area (Å²) in [6.07, 6.45) is -4.24. The topological polar surface area (TPSA) is 71.4 Å². The van der Waals surface area contributed by atoms with E-state index in [9.17, 15) is 18.0 Å². The van der Waals surface area contributed by atoms with Gasteiger partial charge in [0, 0.05) is 13.2 Å². The number of hydrogen-bond acceptors (Lipinski definition) is 4. The van der Waals surface area contributed by atoms with Crippen molar-refractivity contribution in [2.24, 2.45) is 5.41 Å². The number of amides is 1. The second-order valence-corrected chi connectivity index (χ2v) is 3.64. The SMILES string of the molecule is N#CC1(C(=O)NOCC(F)(F)F)CCOCC1. The second-order valence-electron chi connectivity index (χ2n) is 3.64. The van der Waals surface area contributed by atoms with Crippen LogP contribution in [-0.2, 0) is 14.4 Å². The lowest BCUT2D eigenvalue weighted by atomic mass is 9.81. The van der Waals surface area contributed by atoms with E-state index in [1.54, 1.807) is 5.48 Å². The Kier molecular flexibility index (Phi) is 4.31. The van der Waals surface area contributed by atoms with Gasteiger partial charge in [0.05, 0.1) is 6.07 Å². The van der Waals surface area contributed by atoms with E-state index in [1.807, 2.05) is 6.07 Å². The highest BCUT2D eigenvalue weighted by molar-refractivity contribution is 5.84. The molecule has 1 N–H and O–H groups in total. The van der Waals surface area contributed by atoms with Crippen molar-refractivity contribution in [2.75, 3.05) is 19.8 Å². The zero-order chi connectivity index (χ0) is 12.9. The molecule has 17 heavy (non-hydrogen) atoms. The number of hydroxylamine groups is 1. The molecule has 1 aliphatic rings. The van der Waals surface area contributed by atoms with Gasteiger partial charge in [-0.1, -0.05) is 0 Å². The maximum absolute atomic E-state index is 11.8. The van der Waals surface area contributed by atoms with Gasteiger partial charge in [-0.3, -0.25) is 9.63 Å². The van der Waals surface area contributed by atoms with Crippen LogP contribution in [0.3, 0.4) is 0 Å². The summed E-state index contributed by atoms with van der Waals surface area (Å²) in [7, 11) is 0. The number of alkyl halides is 3. The molecular formula is C9H11F3N2O3. The van der Waals surface area contributed by atoms with Crippen LogP contribution in [0.2, 0.25) is 0 Å². The minimum atomic E-state index is -4.53. The molecular weight excluding hydrogens is 241 g/mol. The summed E-state index contributed by atoms with van der Waals surface area (Å²) in [6.45, 7) is -1.14. The van der Waals surface area contributed by atoms with Gasteiger partial charge in [-0.2, -0.15) is 18.4 Å². The number of rotatable bonds is 3. The van der Waals surface area contributed by atoms with Crippen molar-refractivity contribution >= 4 is 5.91 Å². The maximum Gasteiger partial charge on any atom is 0.414 e. The average Bonchev–Trinajstić information content (AvgIpc) is 2.28. The zero-order valence-corrected chi connectivity index (χ0v) is 8.84. The molecule has 1 saturated heterocycles. The lowest BCUT2D eigenvalue weighted by molar-refractivity contribution is -0.194. The van der Waals surface area contributed by atoms with Crippen LogP contribution in [0.4, 0.5) is 13.2 Å². The molecule has 1 amide bonds. The Bertz CT molecular complexity index is 318. The van der Waals surface area contributed by atoms with Crippen LogP contribution in [0.1, 0.15) is 12.8 Å². The summed E-state index contributed by atoms with van der Waals surface area (Å²) in [6, 6.07) is 1.81. The van der Waals surface area contributed by atoms with E-state index >= 15 is 0 Å². The quantitative estimate of drug-likeness (QED) is 0.758. The van der Waals surface area contributed by atoms with Gasteiger partial charge in [-0.05, 0) is 12.8 Å². The van der Waals surface area contributed by atoms with E-state index in [2.05, 4.69) is 4.84 Å². The van der Waals surface area contributed by atoms with Crippen molar-refractivity contribution in [2.45, 2.75) is 19.0 Å². The first-order chi connectivity index (χ1) is 7.90. The largest absolute Gasteiger partial charge is 0.414 e. The fourth-order valence-electron chi connectivity index (χ4n) is 1.39. The van der Waals surface area contributed by atoms with Gasteiger partial charge >= 0.3 is 6.18 Å². The molecule has 0 spiro atoms. The lowest BCUT2D eigenvalue weighted by Gasteiger charge is -2.28. The molecule has 0 aromatic heterocycles. The molecule has 1 rings (SSSR count). The predicted molar refractivity (Wildman–Crippen MR) is 48.2 cm³/mol. The minimum absolute atomic E-state index is 0.144. The number of carbonyl (C=O) groups excluding carboxylic acids is 1. The first-order valence-corrected chi connectivity index (χ1v) is 4.88. The standard InChI is InChI=1S/C9H11F3N2O3/c10-9(11,12)6-17-14-7(15)8(5-13)1-3-16-4-2-8/h1-4,6H2,(H,14,15). The lowest BCUT2D eigenvalue weighted by Crippen LogP contribution is -2.44. The number of nitriles is 1. The normalized spacial score (nSPS) is 19.4. The Morgan fingerprint density at radius 1 is 1.47 bits per heavy atom. The number of halogens is 3. The number of nitrogens with zero attached hydrogens (tertiary/aromatic N) is 1. The highest BCUT2D eigenvalue weighted by Crippen LogP contribution is 2.29. The Hall–Kier alpha value is -1.33. The molecule has 0 aliphatic carbocycles. The molecule has 0 aromatic rings. The second kappa shape index (κ2) is 5.33. The summed E-state index contributed by atoms with van der Waals surface area (Å²) in [5, 5.41) is 8.93. The van der Waals surface area contributed by atoms with Gasteiger partial charge in [0.1, 0.15) is 5.41 Å². The van der Waals surface area contributed by atoms with E-state index in [4.69, 9.17) is 10.00 Å². The summed E-state index contributed by atoms with van der Waals surface area (Å²) in [5.41, 5.74) is 0.306. The molecule has 0 unspecified atom stereocenters. The van der Waals surface area contributed by atoms with Crippen LogP contribution < -0.4 is 5.48 Å². The number of carbonyl (C=O) groups is 1. The Labute approximate surface area is 95.4 Å². The molecule has 1 aliphatic heterocycles. The summed E-state index contributed by atoms with van der Waals surface area (Å²) in [5.74, 6) is -0.854. The number of hydrogen-bond donors (Lipinski definition) is 1. The molecule has 96 valence electrons. The Morgan fingerprint density at radius 3 is 2.53 bits per heavy atom. The van der Waals surface area contributed by atoms with Crippen LogP contribution in [0.25, 0.3) is 0 Å². The third-order valence-corrected chi connectivity index (χ3v) is 2.40. The highest BCUT2D eigenvalue weighted by atomic mass is 19.4. The Balaban J connectivity index is 2.48. The summed E-state index contributed by atoms with van der Waals surface area (Å²) in [4.78, 5) is 15.6. The maximum atomic E-state index is 11.8. The first-order valence-electron chi connectivity index (χ1n) is 4.88. The van der Waals surface area contributed by atoms with Gasteiger partial charge in [0.2, 0.25) is 0 Å². The van der Waals surface area contributed by atoms with E-state index in [1.165, 1.54) is 0 Å². The molecule has 0 saturated carbocycles. The van der Waals surface area contributed by atoms with E-state index in [-0.39, 0.29) is 26.1 Å². The molecule has 1 fully saturated rings. The van der Waals surface area contributed by atoms with E-state index in [0.29, 0.717) is 0 Å². The van der Waals surface area contributed by atoms with Crippen LogP contribution in [0.5, 0.6) is 0 Å². The summed E-state index contributed by atoms with van der Waals surface area (Å²) >= 11 is 0. The fourth-order valence-corrected chi connectivity index (χ4v) is 1.39. The van der Waals surface area contributed by atoms with Crippen molar-refractivity contribution < 1.29 is 27.5 Å². The van der Waals surface area contributed by atoms with Crippen molar-refractivity contribution in [1.29, 1.82) is 5.26 Å². The predicted octanol–water partition coefficient (Wildman–Crippen LogP) is 0.917. The van der Waals surface area contributed by atoms with Crippen molar-refractivity contribution in [3.05, 3.63) is 0 Å². The smallest absolute Gasteiger partial charge is 0.381 e. The van der Waals surface area contributed by atoms with Gasteiger partial charge in [-0.15, -0.1) is 0 Å². The molecule has 0 aromatic carbocycles.